The molecule has 0 spiro atoms. The van der Waals surface area contributed by atoms with Gasteiger partial charge in [0.1, 0.15) is 0 Å². The van der Waals surface area contributed by atoms with Gasteiger partial charge >= 0.3 is 0 Å². The number of nitrogens with one attached hydrogen (secondary N) is 1. The van der Waals surface area contributed by atoms with Gasteiger partial charge in [-0.1, -0.05) is 12.1 Å². The van der Waals surface area contributed by atoms with Crippen molar-refractivity contribution in [3.05, 3.63) is 47.2 Å². The lowest BCUT2D eigenvalue weighted by molar-refractivity contribution is -0.125. The minimum atomic E-state index is -3.68. The molecular weight excluding hydrogens is 402 g/mol. The number of benzene rings is 1. The maximum Gasteiger partial charge on any atom is 0.238 e. The first kappa shape index (κ1) is 20.7. The number of anilines is 1. The Balaban J connectivity index is 1.29. The quantitative estimate of drug-likeness (QED) is 0.712. The Hall–Kier alpha value is -2.52. The Kier molecular flexibility index (Phi) is 6.01. The third kappa shape index (κ3) is 4.79. The number of carbonyl (C=O) groups is 1. The molecule has 8 nitrogen and oxygen atoms in total. The summed E-state index contributed by atoms with van der Waals surface area (Å²) in [6, 6.07) is 8.56. The highest BCUT2D eigenvalue weighted by molar-refractivity contribution is 7.89. The van der Waals surface area contributed by atoms with Crippen molar-refractivity contribution >= 4 is 21.7 Å². The summed E-state index contributed by atoms with van der Waals surface area (Å²) in [4.78, 5) is 14.9. The number of fused-ring (bicyclic) bond motifs is 1. The number of primary sulfonamides is 1. The van der Waals surface area contributed by atoms with Crippen molar-refractivity contribution in [3.63, 3.8) is 0 Å². The molecular formula is C21H27N5O3S. The van der Waals surface area contributed by atoms with Crippen LogP contribution in [0.3, 0.4) is 0 Å². The van der Waals surface area contributed by atoms with E-state index in [0.29, 0.717) is 19.5 Å². The van der Waals surface area contributed by atoms with E-state index in [2.05, 4.69) is 26.5 Å². The minimum absolute atomic E-state index is 0.0509. The minimum Gasteiger partial charge on any atom is -0.355 e. The predicted octanol–water partition coefficient (Wildman–Crippen LogP) is 1.19. The van der Waals surface area contributed by atoms with Gasteiger partial charge in [0, 0.05) is 19.6 Å². The molecule has 2 aliphatic rings. The zero-order valence-electron chi connectivity index (χ0n) is 16.9. The Morgan fingerprint density at radius 2 is 1.97 bits per heavy atom. The highest BCUT2D eigenvalue weighted by atomic mass is 32.2. The van der Waals surface area contributed by atoms with Gasteiger partial charge in [0.2, 0.25) is 15.9 Å². The number of sulfonamides is 1. The molecule has 2 heterocycles. The van der Waals surface area contributed by atoms with Gasteiger partial charge in [0.25, 0.3) is 0 Å². The number of nitrogens with two attached hydrogens (primary N) is 1. The third-order valence-corrected chi connectivity index (χ3v) is 6.82. The zero-order valence-corrected chi connectivity index (χ0v) is 17.7. The number of nitrogens with zero attached hydrogens (tertiary/aromatic N) is 3. The summed E-state index contributed by atoms with van der Waals surface area (Å²) in [5.41, 5.74) is 3.35. The average molecular weight is 430 g/mol. The Morgan fingerprint density at radius 1 is 1.17 bits per heavy atom. The normalized spacial score (nSPS) is 18.8. The van der Waals surface area contributed by atoms with Crippen molar-refractivity contribution in [2.75, 3.05) is 24.5 Å². The van der Waals surface area contributed by atoms with E-state index in [1.165, 1.54) is 17.7 Å². The number of hydrogen-bond acceptors (Lipinski definition) is 6. The number of piperidine rings is 1. The molecule has 0 saturated carbocycles. The largest absolute Gasteiger partial charge is 0.355 e. The predicted molar refractivity (Wildman–Crippen MR) is 114 cm³/mol. The fraction of sp³-hybridized carbons (Fsp3) is 0.476. The summed E-state index contributed by atoms with van der Waals surface area (Å²) >= 11 is 0. The van der Waals surface area contributed by atoms with Crippen molar-refractivity contribution in [2.24, 2.45) is 11.1 Å². The number of amides is 1. The second-order valence-electron chi connectivity index (χ2n) is 8.04. The van der Waals surface area contributed by atoms with E-state index in [1.54, 1.807) is 12.1 Å². The number of aromatic nitrogens is 2. The lowest BCUT2D eigenvalue weighted by Gasteiger charge is -2.32. The van der Waals surface area contributed by atoms with E-state index in [9.17, 15) is 13.2 Å². The lowest BCUT2D eigenvalue weighted by Crippen LogP contribution is -2.44. The van der Waals surface area contributed by atoms with Crippen molar-refractivity contribution in [3.8, 4) is 0 Å². The molecule has 1 saturated heterocycles. The number of carbonyl (C=O) groups excluding carboxylic acids is 1. The Bertz CT molecular complexity index is 1020. The topological polar surface area (TPSA) is 118 Å². The SMILES string of the molecule is NS(=O)(=O)c1ccc(CCNC(=O)[C@H]2CCCN(c3cc4c(nn3)CCC4)C2)cc1. The second kappa shape index (κ2) is 8.69. The van der Waals surface area contributed by atoms with E-state index in [1.807, 2.05) is 0 Å². The molecule has 0 radical (unpaired) electrons. The molecule has 1 atom stereocenters. The van der Waals surface area contributed by atoms with Crippen LogP contribution in [0.15, 0.2) is 35.2 Å². The first-order chi connectivity index (χ1) is 14.4. The highest BCUT2D eigenvalue weighted by Crippen LogP contribution is 2.26. The van der Waals surface area contributed by atoms with Crippen molar-refractivity contribution in [1.82, 2.24) is 15.5 Å². The van der Waals surface area contributed by atoms with E-state index in [4.69, 9.17) is 5.14 Å². The van der Waals surface area contributed by atoms with Crippen LogP contribution in [0.25, 0.3) is 0 Å². The van der Waals surface area contributed by atoms with E-state index >= 15 is 0 Å². The van der Waals surface area contributed by atoms with Crippen LogP contribution in [-0.2, 0) is 34.1 Å². The molecule has 30 heavy (non-hydrogen) atoms. The van der Waals surface area contributed by atoms with Gasteiger partial charge < -0.3 is 10.2 Å². The molecule has 0 bridgehead atoms. The van der Waals surface area contributed by atoms with Crippen molar-refractivity contribution < 1.29 is 13.2 Å². The summed E-state index contributed by atoms with van der Waals surface area (Å²) in [7, 11) is -3.68. The van der Waals surface area contributed by atoms with Gasteiger partial charge in [-0.2, -0.15) is 5.10 Å². The van der Waals surface area contributed by atoms with Gasteiger partial charge in [0.05, 0.1) is 16.5 Å². The molecule has 2 aromatic rings. The van der Waals surface area contributed by atoms with E-state index < -0.39 is 10.0 Å². The van der Waals surface area contributed by atoms with Gasteiger partial charge in [-0.05, 0) is 67.9 Å². The molecule has 1 amide bonds. The fourth-order valence-corrected chi connectivity index (χ4v) is 4.71. The summed E-state index contributed by atoms with van der Waals surface area (Å²) < 4.78 is 22.6. The van der Waals surface area contributed by atoms with Gasteiger partial charge in [0.15, 0.2) is 5.82 Å². The molecule has 160 valence electrons. The molecule has 9 heteroatoms. The lowest BCUT2D eigenvalue weighted by atomic mass is 9.97. The summed E-state index contributed by atoms with van der Waals surface area (Å²) in [6.07, 6.45) is 5.66. The zero-order chi connectivity index (χ0) is 21.1. The molecule has 1 fully saturated rings. The number of hydrogen-bond donors (Lipinski definition) is 2. The van der Waals surface area contributed by atoms with Crippen LogP contribution >= 0.6 is 0 Å². The van der Waals surface area contributed by atoms with Gasteiger partial charge in [-0.15, -0.1) is 5.10 Å². The van der Waals surface area contributed by atoms with E-state index in [-0.39, 0.29) is 16.7 Å². The molecule has 3 N–H and O–H groups in total. The monoisotopic (exact) mass is 429 g/mol. The molecule has 0 unspecified atom stereocenters. The molecule has 1 aromatic carbocycles. The maximum atomic E-state index is 12.7. The van der Waals surface area contributed by atoms with Crippen molar-refractivity contribution in [1.29, 1.82) is 0 Å². The van der Waals surface area contributed by atoms with Crippen LogP contribution in [0.2, 0.25) is 0 Å². The van der Waals surface area contributed by atoms with Crippen LogP contribution in [-0.4, -0.2) is 44.2 Å². The van der Waals surface area contributed by atoms with Crippen LogP contribution in [0, 0.1) is 5.92 Å². The van der Waals surface area contributed by atoms with Crippen LogP contribution in [0.1, 0.15) is 36.1 Å². The maximum absolute atomic E-state index is 12.7. The molecule has 1 aliphatic carbocycles. The third-order valence-electron chi connectivity index (χ3n) is 5.89. The first-order valence-electron chi connectivity index (χ1n) is 10.4. The summed E-state index contributed by atoms with van der Waals surface area (Å²) in [6.45, 7) is 2.05. The molecule has 1 aromatic heterocycles. The molecule has 1 aliphatic heterocycles. The Labute approximate surface area is 176 Å². The Morgan fingerprint density at radius 3 is 2.73 bits per heavy atom. The standard InChI is InChI=1S/C21H27N5O3S/c22-30(28,29)18-8-6-15(7-9-18)10-11-23-21(27)17-4-2-12-26(14-17)20-13-16-3-1-5-19(16)24-25-20/h6-9,13,17H,1-5,10-12,14H2,(H,23,27)(H2,22,28,29)/t17-/m0/s1. The fourth-order valence-electron chi connectivity index (χ4n) is 4.19. The smallest absolute Gasteiger partial charge is 0.238 e. The van der Waals surface area contributed by atoms with Crippen molar-refractivity contribution in [2.45, 2.75) is 43.4 Å². The van der Waals surface area contributed by atoms with Gasteiger partial charge in [-0.25, -0.2) is 13.6 Å². The number of rotatable bonds is 6. The first-order valence-corrected chi connectivity index (χ1v) is 11.9. The van der Waals surface area contributed by atoms with Crippen LogP contribution in [0.5, 0.6) is 0 Å². The number of aryl methyl sites for hydroxylation is 2. The average Bonchev–Trinajstić information content (AvgIpc) is 3.21. The van der Waals surface area contributed by atoms with E-state index in [0.717, 1.165) is 55.7 Å². The molecule has 4 rings (SSSR count). The summed E-state index contributed by atoms with van der Waals surface area (Å²) in [5, 5.41) is 16.9. The highest BCUT2D eigenvalue weighted by Gasteiger charge is 2.27. The second-order valence-corrected chi connectivity index (χ2v) is 9.60. The van der Waals surface area contributed by atoms with Crippen LogP contribution in [0.4, 0.5) is 5.82 Å². The van der Waals surface area contributed by atoms with Crippen LogP contribution < -0.4 is 15.4 Å². The van der Waals surface area contributed by atoms with Gasteiger partial charge in [-0.3, -0.25) is 4.79 Å². The summed E-state index contributed by atoms with van der Waals surface area (Å²) in [5.74, 6) is 0.858.